The normalized spacial score (nSPS) is 14.3. The number of hydrogen-bond acceptors (Lipinski definition) is 6. The molecule has 438 valence electrons. The van der Waals surface area contributed by atoms with Crippen molar-refractivity contribution in [2.75, 3.05) is 40.9 Å². The van der Waals surface area contributed by atoms with Gasteiger partial charge in [-0.2, -0.15) is 0 Å². The number of carbonyl (C=O) groups excluding carboxylic acids is 1. The molecule has 1 amide bonds. The molecule has 3 unspecified atom stereocenters. The van der Waals surface area contributed by atoms with E-state index in [1.54, 1.807) is 0 Å². The molecule has 9 heteroatoms. The molecule has 0 aliphatic carbocycles. The first-order valence-corrected chi connectivity index (χ1v) is 33.2. The number of phosphoric ester groups is 1. The lowest BCUT2D eigenvalue weighted by atomic mass is 10.0. The number of amides is 1. The predicted octanol–water partition coefficient (Wildman–Crippen LogP) is 19.2. The maximum absolute atomic E-state index is 13.0. The summed E-state index contributed by atoms with van der Waals surface area (Å²) in [6.07, 6.45) is 78.3. The number of nitrogens with zero attached hydrogens (tertiary/aromatic N) is 1. The van der Waals surface area contributed by atoms with Crippen LogP contribution in [0.15, 0.2) is 72.9 Å². The Balaban J connectivity index is 4.11. The Hall–Kier alpha value is -2.06. The number of carbonyl (C=O) groups is 1. The predicted molar refractivity (Wildman–Crippen MR) is 325 cm³/mol. The van der Waals surface area contributed by atoms with Crippen molar-refractivity contribution in [2.24, 2.45) is 0 Å². The fourth-order valence-corrected chi connectivity index (χ4v) is 10.0. The molecule has 2 N–H and O–H groups in total. The number of phosphoric acid groups is 1. The standard InChI is InChI=1S/C66H123N2O6P/c1-6-8-10-12-14-16-18-20-22-24-26-28-29-30-31-32-33-34-35-36-37-38-40-41-43-45-47-49-51-53-55-57-59-65(69)64(63-74-75(71,72)73-62-61-68(3,4)5)67-66(70)60-58-56-54-52-50-48-46-44-42-39-27-25-23-21-19-17-15-13-11-9-7-2/h9,11,15,17,21,23,27,39,44,46,50,52,64-65,69H,6-8,10,12-14,16,18-20,22,24-26,28-38,40-43,45,47-49,51,53-63H2,1-5H3,(H-,67,70,71,72)/b11-9-,17-15-,23-21-,39-27-,46-44-,52-50-. The molecule has 0 aromatic rings. The van der Waals surface area contributed by atoms with Gasteiger partial charge in [0, 0.05) is 6.42 Å². The van der Waals surface area contributed by atoms with Crippen molar-refractivity contribution in [1.82, 2.24) is 5.32 Å². The third kappa shape index (κ3) is 59.4. The Bertz CT molecular complexity index is 1450. The summed E-state index contributed by atoms with van der Waals surface area (Å²) in [5.74, 6) is -0.205. The zero-order chi connectivity index (χ0) is 54.9. The van der Waals surface area contributed by atoms with Gasteiger partial charge in [-0.3, -0.25) is 9.36 Å². The molecule has 0 rings (SSSR count). The Labute approximate surface area is 465 Å². The smallest absolute Gasteiger partial charge is 0.268 e. The summed E-state index contributed by atoms with van der Waals surface area (Å²) in [5.41, 5.74) is 0. The monoisotopic (exact) mass is 1070 g/mol. The van der Waals surface area contributed by atoms with Gasteiger partial charge in [-0.15, -0.1) is 0 Å². The topological polar surface area (TPSA) is 108 Å². The van der Waals surface area contributed by atoms with Crippen molar-refractivity contribution < 1.29 is 32.9 Å². The number of allylic oxidation sites excluding steroid dienone is 12. The summed E-state index contributed by atoms with van der Waals surface area (Å²) in [6.45, 7) is 4.60. The van der Waals surface area contributed by atoms with E-state index in [4.69, 9.17) is 9.05 Å². The summed E-state index contributed by atoms with van der Waals surface area (Å²) in [7, 11) is 1.27. The second-order valence-corrected chi connectivity index (χ2v) is 24.2. The summed E-state index contributed by atoms with van der Waals surface area (Å²) in [5, 5.41) is 14.0. The van der Waals surface area contributed by atoms with Crippen LogP contribution in [0.3, 0.4) is 0 Å². The molecule has 0 aliphatic heterocycles. The van der Waals surface area contributed by atoms with Crippen LogP contribution in [0.25, 0.3) is 0 Å². The summed E-state index contributed by atoms with van der Waals surface area (Å²) in [4.78, 5) is 25.6. The molecule has 0 aliphatic rings. The lowest BCUT2D eigenvalue weighted by molar-refractivity contribution is -0.870. The third-order valence-electron chi connectivity index (χ3n) is 14.2. The number of aliphatic hydroxyl groups is 1. The van der Waals surface area contributed by atoms with Crippen LogP contribution in [-0.4, -0.2) is 68.5 Å². The lowest BCUT2D eigenvalue weighted by Gasteiger charge is -2.30. The highest BCUT2D eigenvalue weighted by molar-refractivity contribution is 7.45. The van der Waals surface area contributed by atoms with Crippen LogP contribution in [0.5, 0.6) is 0 Å². The average Bonchev–Trinajstić information content (AvgIpc) is 3.37. The van der Waals surface area contributed by atoms with E-state index in [2.05, 4.69) is 92.1 Å². The number of quaternary nitrogens is 1. The Morgan fingerprint density at radius 1 is 0.480 bits per heavy atom. The quantitative estimate of drug-likeness (QED) is 0.0272. The summed E-state index contributed by atoms with van der Waals surface area (Å²) >= 11 is 0. The fraction of sp³-hybridized carbons (Fsp3) is 0.803. The molecule has 0 saturated heterocycles. The Morgan fingerprint density at radius 2 is 0.813 bits per heavy atom. The number of unbranched alkanes of at least 4 members (excludes halogenated alkanes) is 33. The number of likely N-dealkylation sites (N-methyl/N-ethyl adjacent to an activating group) is 1. The molecule has 0 spiro atoms. The molecule has 3 atom stereocenters. The van der Waals surface area contributed by atoms with Gasteiger partial charge in [0.15, 0.2) is 0 Å². The largest absolute Gasteiger partial charge is 0.756 e. The van der Waals surface area contributed by atoms with E-state index in [0.29, 0.717) is 30.3 Å². The minimum Gasteiger partial charge on any atom is -0.756 e. The maximum Gasteiger partial charge on any atom is 0.268 e. The van der Waals surface area contributed by atoms with Gasteiger partial charge < -0.3 is 28.8 Å². The van der Waals surface area contributed by atoms with Crippen LogP contribution < -0.4 is 10.2 Å². The minimum atomic E-state index is -4.59. The maximum atomic E-state index is 13.0. The van der Waals surface area contributed by atoms with Crippen molar-refractivity contribution >= 4 is 13.7 Å². The van der Waals surface area contributed by atoms with E-state index >= 15 is 0 Å². The SMILES string of the molecule is CC/C=C\C/C=C\C/C=C\C/C=C\C/C=C\C/C=C\CCCCC(=O)NC(COP(=O)([O-])OCC[N+](C)(C)C)C(O)CCCCCCCCCCCCCCCCCCCCCCCCCCCCCCCCCC. The molecular weight excluding hydrogens is 948 g/mol. The van der Waals surface area contributed by atoms with Gasteiger partial charge in [-0.1, -0.05) is 292 Å². The van der Waals surface area contributed by atoms with Crippen LogP contribution in [0.2, 0.25) is 0 Å². The van der Waals surface area contributed by atoms with Gasteiger partial charge in [0.2, 0.25) is 5.91 Å². The zero-order valence-electron chi connectivity index (χ0n) is 50.0. The van der Waals surface area contributed by atoms with E-state index in [-0.39, 0.29) is 19.1 Å². The van der Waals surface area contributed by atoms with Crippen LogP contribution in [0.4, 0.5) is 0 Å². The number of hydrogen-bond donors (Lipinski definition) is 2. The van der Waals surface area contributed by atoms with Crippen molar-refractivity contribution in [2.45, 2.75) is 302 Å². The van der Waals surface area contributed by atoms with Crippen molar-refractivity contribution in [1.29, 1.82) is 0 Å². The summed E-state index contributed by atoms with van der Waals surface area (Å²) < 4.78 is 23.4. The van der Waals surface area contributed by atoms with Crippen LogP contribution in [0.1, 0.15) is 290 Å². The molecule has 75 heavy (non-hydrogen) atoms. The van der Waals surface area contributed by atoms with Crippen molar-refractivity contribution in [3.8, 4) is 0 Å². The highest BCUT2D eigenvalue weighted by Gasteiger charge is 2.24. The Morgan fingerprint density at radius 3 is 1.16 bits per heavy atom. The molecule has 0 heterocycles. The molecule has 0 aromatic heterocycles. The fourth-order valence-electron chi connectivity index (χ4n) is 9.28. The van der Waals surface area contributed by atoms with Gasteiger partial charge in [-0.25, -0.2) is 0 Å². The van der Waals surface area contributed by atoms with E-state index in [1.165, 1.54) is 186 Å². The highest BCUT2D eigenvalue weighted by Crippen LogP contribution is 2.38. The second kappa shape index (κ2) is 56.7. The Kier molecular flexibility index (Phi) is 55.1. The minimum absolute atomic E-state index is 0.000320. The first-order chi connectivity index (χ1) is 36.5. The lowest BCUT2D eigenvalue weighted by Crippen LogP contribution is -2.46. The van der Waals surface area contributed by atoms with Gasteiger partial charge in [-0.05, 0) is 64.2 Å². The zero-order valence-corrected chi connectivity index (χ0v) is 50.9. The molecule has 0 fully saturated rings. The second-order valence-electron chi connectivity index (χ2n) is 22.7. The van der Waals surface area contributed by atoms with Crippen molar-refractivity contribution in [3.05, 3.63) is 72.9 Å². The molecule has 0 bridgehead atoms. The van der Waals surface area contributed by atoms with E-state index in [1.807, 2.05) is 21.1 Å². The molecular formula is C66H123N2O6P. The number of aliphatic hydroxyl groups excluding tert-OH is 1. The highest BCUT2D eigenvalue weighted by atomic mass is 31.2. The van der Waals surface area contributed by atoms with Crippen LogP contribution in [-0.2, 0) is 18.4 Å². The first-order valence-electron chi connectivity index (χ1n) is 31.8. The molecule has 0 aromatic carbocycles. The van der Waals surface area contributed by atoms with E-state index < -0.39 is 20.0 Å². The van der Waals surface area contributed by atoms with E-state index in [0.717, 1.165) is 70.6 Å². The van der Waals surface area contributed by atoms with Gasteiger partial charge in [0.25, 0.3) is 7.82 Å². The van der Waals surface area contributed by atoms with E-state index in [9.17, 15) is 19.4 Å². The molecule has 8 nitrogen and oxygen atoms in total. The van der Waals surface area contributed by atoms with Crippen LogP contribution >= 0.6 is 7.82 Å². The van der Waals surface area contributed by atoms with Crippen molar-refractivity contribution in [3.63, 3.8) is 0 Å². The molecule has 0 saturated carbocycles. The number of rotatable bonds is 58. The van der Waals surface area contributed by atoms with Gasteiger partial charge in [0.1, 0.15) is 13.2 Å². The van der Waals surface area contributed by atoms with Gasteiger partial charge >= 0.3 is 0 Å². The third-order valence-corrected chi connectivity index (χ3v) is 15.2. The average molecular weight is 1070 g/mol. The number of nitrogens with one attached hydrogen (secondary N) is 1. The van der Waals surface area contributed by atoms with Crippen LogP contribution in [0, 0.1) is 0 Å². The molecule has 0 radical (unpaired) electrons. The first kappa shape index (κ1) is 72.9. The van der Waals surface area contributed by atoms with Gasteiger partial charge in [0.05, 0.1) is 39.9 Å². The summed E-state index contributed by atoms with van der Waals surface area (Å²) in [6, 6.07) is -0.830.